The molecule has 1 amide bonds. The van der Waals surface area contributed by atoms with Crippen molar-refractivity contribution in [1.82, 2.24) is 4.90 Å². The lowest BCUT2D eigenvalue weighted by Gasteiger charge is -2.15. The fraction of sp³-hybridized carbons (Fsp3) is 0.238. The van der Waals surface area contributed by atoms with Crippen LogP contribution in [0, 0.1) is 5.82 Å². The maximum atomic E-state index is 14.1. The highest BCUT2D eigenvalue weighted by molar-refractivity contribution is 6.32. The van der Waals surface area contributed by atoms with Crippen molar-refractivity contribution in [2.75, 3.05) is 13.1 Å². The van der Waals surface area contributed by atoms with Gasteiger partial charge in [-0.2, -0.15) is 0 Å². The third-order valence-electron chi connectivity index (χ3n) is 4.24. The van der Waals surface area contributed by atoms with Crippen LogP contribution in [0.4, 0.5) is 9.18 Å². The number of carbonyl (C=O) groups is 2. The third-order valence-corrected chi connectivity index (χ3v) is 4.56. The molecule has 1 aliphatic heterocycles. The van der Waals surface area contributed by atoms with Crippen LogP contribution in [-0.4, -0.2) is 30.1 Å². The minimum absolute atomic E-state index is 0.0885. The second-order valence-electron chi connectivity index (χ2n) is 6.29. The molecule has 0 radical (unpaired) electrons. The number of hydrogen-bond acceptors (Lipinski definition) is 4. The molecule has 1 saturated heterocycles. The Balaban J connectivity index is 1.64. The highest BCUT2D eigenvalue weighted by atomic mass is 35.5. The van der Waals surface area contributed by atoms with Gasteiger partial charge in [0.15, 0.2) is 11.6 Å². The summed E-state index contributed by atoms with van der Waals surface area (Å²) in [5, 5.41) is 0.0885. The normalized spacial score (nSPS) is 13.7. The summed E-state index contributed by atoms with van der Waals surface area (Å²) in [5.41, 5.74) is 1.20. The molecule has 1 heterocycles. The zero-order valence-corrected chi connectivity index (χ0v) is 15.8. The fourth-order valence-electron chi connectivity index (χ4n) is 2.74. The van der Waals surface area contributed by atoms with Crippen molar-refractivity contribution >= 4 is 29.7 Å². The number of esters is 1. The van der Waals surface area contributed by atoms with E-state index in [0.29, 0.717) is 18.7 Å². The van der Waals surface area contributed by atoms with Crippen molar-refractivity contribution in [1.29, 1.82) is 0 Å². The summed E-state index contributed by atoms with van der Waals surface area (Å²) in [7, 11) is 0. The summed E-state index contributed by atoms with van der Waals surface area (Å²) < 4.78 is 24.4. The summed E-state index contributed by atoms with van der Waals surface area (Å²) in [6.07, 6.45) is 3.78. The Morgan fingerprint density at radius 1 is 1.14 bits per heavy atom. The zero-order chi connectivity index (χ0) is 19.9. The number of amides is 1. The van der Waals surface area contributed by atoms with E-state index in [9.17, 15) is 14.0 Å². The first kappa shape index (κ1) is 19.9. The van der Waals surface area contributed by atoms with Crippen molar-refractivity contribution in [2.24, 2.45) is 0 Å². The lowest BCUT2D eigenvalue weighted by Crippen LogP contribution is -2.30. The molecule has 28 heavy (non-hydrogen) atoms. The molecule has 0 bridgehead atoms. The summed E-state index contributed by atoms with van der Waals surface area (Å²) in [5.74, 6) is -1.56. The van der Waals surface area contributed by atoms with E-state index in [1.165, 1.54) is 23.1 Å². The third kappa shape index (κ3) is 5.33. The van der Waals surface area contributed by atoms with Crippen molar-refractivity contribution in [3.63, 3.8) is 0 Å². The molecule has 7 heteroatoms. The van der Waals surface area contributed by atoms with Gasteiger partial charge in [-0.05, 0) is 42.2 Å². The minimum Gasteiger partial charge on any atom is -0.458 e. The van der Waals surface area contributed by atoms with Crippen LogP contribution in [0.25, 0.3) is 6.08 Å². The van der Waals surface area contributed by atoms with Gasteiger partial charge in [-0.1, -0.05) is 41.9 Å². The van der Waals surface area contributed by atoms with Crippen LogP contribution in [0.1, 0.15) is 24.0 Å². The number of carbonyl (C=O) groups excluding carboxylic acids is 2. The number of halogens is 2. The van der Waals surface area contributed by atoms with Gasteiger partial charge in [-0.15, -0.1) is 0 Å². The molecular formula is C21H19ClFNO4. The first-order valence-electron chi connectivity index (χ1n) is 8.87. The van der Waals surface area contributed by atoms with Gasteiger partial charge >= 0.3 is 12.1 Å². The molecule has 0 unspecified atom stereocenters. The fourth-order valence-corrected chi connectivity index (χ4v) is 2.96. The number of likely N-dealkylation sites (tertiary alicyclic amines) is 1. The van der Waals surface area contributed by atoms with E-state index in [2.05, 4.69) is 0 Å². The SMILES string of the molecule is O=C(/C=C/c1cc(OC(=O)N2CCCC2)c(F)cc1Cl)OCc1ccccc1. The molecule has 5 nitrogen and oxygen atoms in total. The Hall–Kier alpha value is -2.86. The molecule has 1 fully saturated rings. The van der Waals surface area contributed by atoms with E-state index < -0.39 is 17.9 Å². The van der Waals surface area contributed by atoms with Crippen LogP contribution >= 0.6 is 11.6 Å². The second-order valence-corrected chi connectivity index (χ2v) is 6.70. The Bertz CT molecular complexity index is 879. The van der Waals surface area contributed by atoms with Gasteiger partial charge in [0.25, 0.3) is 0 Å². The summed E-state index contributed by atoms with van der Waals surface area (Å²) in [4.78, 5) is 25.5. The smallest absolute Gasteiger partial charge is 0.415 e. The number of benzene rings is 2. The lowest BCUT2D eigenvalue weighted by atomic mass is 10.2. The van der Waals surface area contributed by atoms with Gasteiger partial charge in [-0.25, -0.2) is 14.0 Å². The predicted octanol–water partition coefficient (Wildman–Crippen LogP) is 4.83. The van der Waals surface area contributed by atoms with Crippen LogP contribution in [0.3, 0.4) is 0 Å². The summed E-state index contributed by atoms with van der Waals surface area (Å²) >= 11 is 6.03. The predicted molar refractivity (Wildman–Crippen MR) is 104 cm³/mol. The number of ether oxygens (including phenoxy) is 2. The van der Waals surface area contributed by atoms with Gasteiger partial charge < -0.3 is 14.4 Å². The van der Waals surface area contributed by atoms with Crippen molar-refractivity contribution in [3.05, 3.63) is 70.5 Å². The van der Waals surface area contributed by atoms with Crippen LogP contribution in [0.5, 0.6) is 5.75 Å². The zero-order valence-electron chi connectivity index (χ0n) is 15.1. The molecule has 2 aromatic rings. The monoisotopic (exact) mass is 403 g/mol. The van der Waals surface area contributed by atoms with Gasteiger partial charge in [0.1, 0.15) is 6.61 Å². The van der Waals surface area contributed by atoms with Gasteiger partial charge in [0.2, 0.25) is 0 Å². The Labute approximate surface area is 167 Å². The van der Waals surface area contributed by atoms with Crippen LogP contribution in [-0.2, 0) is 16.1 Å². The van der Waals surface area contributed by atoms with Crippen molar-refractivity contribution < 1.29 is 23.5 Å². The van der Waals surface area contributed by atoms with E-state index in [0.717, 1.165) is 24.5 Å². The highest BCUT2D eigenvalue weighted by Crippen LogP contribution is 2.28. The molecule has 146 valence electrons. The topological polar surface area (TPSA) is 55.8 Å². The van der Waals surface area contributed by atoms with Crippen LogP contribution in [0.15, 0.2) is 48.5 Å². The van der Waals surface area contributed by atoms with E-state index in [1.54, 1.807) is 0 Å². The molecule has 1 aliphatic rings. The van der Waals surface area contributed by atoms with Crippen molar-refractivity contribution in [2.45, 2.75) is 19.4 Å². The average molecular weight is 404 g/mol. The van der Waals surface area contributed by atoms with E-state index >= 15 is 0 Å². The Kier molecular flexibility index (Phi) is 6.66. The molecule has 0 atom stereocenters. The lowest BCUT2D eigenvalue weighted by molar-refractivity contribution is -0.138. The second kappa shape index (κ2) is 9.37. The number of hydrogen-bond donors (Lipinski definition) is 0. The molecule has 0 spiro atoms. The maximum absolute atomic E-state index is 14.1. The standard InChI is InChI=1S/C21H19ClFNO4/c22-17-13-18(23)19(28-21(26)24-10-4-5-11-24)12-16(17)8-9-20(25)27-14-15-6-2-1-3-7-15/h1-3,6-9,12-13H,4-5,10-11,14H2/b9-8+. The largest absolute Gasteiger partial charge is 0.458 e. The Morgan fingerprint density at radius 2 is 1.86 bits per heavy atom. The van der Waals surface area contributed by atoms with Crippen LogP contribution < -0.4 is 4.74 Å². The minimum atomic E-state index is -0.749. The molecule has 0 N–H and O–H groups in total. The molecule has 0 saturated carbocycles. The van der Waals surface area contributed by atoms with E-state index in [-0.39, 0.29) is 17.4 Å². The maximum Gasteiger partial charge on any atom is 0.415 e. The van der Waals surface area contributed by atoms with Gasteiger partial charge in [0, 0.05) is 19.2 Å². The Morgan fingerprint density at radius 3 is 2.57 bits per heavy atom. The highest BCUT2D eigenvalue weighted by Gasteiger charge is 2.21. The quantitative estimate of drug-likeness (QED) is 0.530. The first-order chi connectivity index (χ1) is 13.5. The first-order valence-corrected chi connectivity index (χ1v) is 9.25. The molecule has 2 aromatic carbocycles. The molecule has 0 aromatic heterocycles. The van der Waals surface area contributed by atoms with E-state index in [4.69, 9.17) is 21.1 Å². The molecular weight excluding hydrogens is 385 g/mol. The van der Waals surface area contributed by atoms with E-state index in [1.807, 2.05) is 30.3 Å². The molecule has 0 aliphatic carbocycles. The summed E-state index contributed by atoms with van der Waals surface area (Å²) in [6.45, 7) is 1.32. The van der Waals surface area contributed by atoms with Gasteiger partial charge in [-0.3, -0.25) is 0 Å². The van der Waals surface area contributed by atoms with Gasteiger partial charge in [0.05, 0.1) is 5.02 Å². The van der Waals surface area contributed by atoms with Crippen molar-refractivity contribution in [3.8, 4) is 5.75 Å². The average Bonchev–Trinajstić information content (AvgIpc) is 3.23. The number of nitrogens with zero attached hydrogens (tertiary/aromatic N) is 1. The molecule has 3 rings (SSSR count). The number of rotatable bonds is 5. The summed E-state index contributed by atoms with van der Waals surface area (Å²) in [6, 6.07) is 11.6. The van der Waals surface area contributed by atoms with Crippen LogP contribution in [0.2, 0.25) is 5.02 Å².